The summed E-state index contributed by atoms with van der Waals surface area (Å²) in [6.45, 7) is 27.0. The quantitative estimate of drug-likeness (QED) is 0.0930. The molecule has 4 fully saturated rings. The second-order valence-electron chi connectivity index (χ2n) is 23.3. The third kappa shape index (κ3) is 23.1. The lowest BCUT2D eigenvalue weighted by molar-refractivity contribution is 0.0490. The van der Waals surface area contributed by atoms with E-state index in [1.165, 1.54) is 17.5 Å². The van der Waals surface area contributed by atoms with E-state index in [4.69, 9.17) is 25.7 Å². The number of pyridine rings is 3. The molecular formula is C55H91BrClN11O6. The molecule has 17 nitrogen and oxygen atoms in total. The van der Waals surface area contributed by atoms with Crippen LogP contribution in [-0.4, -0.2) is 98.4 Å². The number of anilines is 3. The summed E-state index contributed by atoms with van der Waals surface area (Å²) < 4.78 is 16.8. The summed E-state index contributed by atoms with van der Waals surface area (Å²) in [5, 5.41) is 19.1. The Morgan fingerprint density at radius 3 is 1.12 bits per heavy atom. The fourth-order valence-electron chi connectivity index (χ4n) is 9.22. The molecule has 416 valence electrons. The highest BCUT2D eigenvalue weighted by atomic mass is 79.9. The number of alkyl carbamates (subject to hydrolysis) is 3. The van der Waals surface area contributed by atoms with Crippen molar-refractivity contribution < 1.29 is 28.6 Å². The first-order valence-electron chi connectivity index (χ1n) is 26.3. The zero-order valence-electron chi connectivity index (χ0n) is 46.8. The van der Waals surface area contributed by atoms with Gasteiger partial charge in [-0.3, -0.25) is 0 Å². The van der Waals surface area contributed by atoms with Gasteiger partial charge in [-0.15, -0.1) is 12.4 Å². The molecule has 74 heavy (non-hydrogen) atoms. The lowest BCUT2D eigenvalue weighted by Gasteiger charge is -2.26. The number of carbonyl (C=O) groups excluding carboxylic acids is 3. The van der Waals surface area contributed by atoms with Crippen molar-refractivity contribution in [3.8, 4) is 0 Å². The largest absolute Gasteiger partial charge is 0.444 e. The molecule has 0 saturated heterocycles. The van der Waals surface area contributed by atoms with Crippen molar-refractivity contribution in [1.82, 2.24) is 30.9 Å². The van der Waals surface area contributed by atoms with Gasteiger partial charge in [-0.1, -0.05) is 12.1 Å². The van der Waals surface area contributed by atoms with Crippen LogP contribution in [-0.2, 0) is 14.2 Å². The first kappa shape index (κ1) is 63.6. The molecule has 3 amide bonds. The van der Waals surface area contributed by atoms with Gasteiger partial charge in [-0.25, -0.2) is 29.3 Å². The van der Waals surface area contributed by atoms with E-state index in [2.05, 4.69) is 88.8 Å². The van der Waals surface area contributed by atoms with E-state index in [9.17, 15) is 14.4 Å². The van der Waals surface area contributed by atoms with Gasteiger partial charge in [0, 0.05) is 54.8 Å². The highest BCUT2D eigenvalue weighted by molar-refractivity contribution is 9.10. The number of carbonyl (C=O) groups is 3. The molecule has 4 aliphatic rings. The molecule has 8 atom stereocenters. The molecule has 3 heterocycles. The van der Waals surface area contributed by atoms with E-state index in [0.29, 0.717) is 6.04 Å². The van der Waals surface area contributed by atoms with Crippen LogP contribution in [0.1, 0.15) is 167 Å². The number of ether oxygens (including phenoxy) is 3. The van der Waals surface area contributed by atoms with Crippen LogP contribution in [0.25, 0.3) is 0 Å². The summed E-state index contributed by atoms with van der Waals surface area (Å²) in [5.74, 6) is 2.70. The van der Waals surface area contributed by atoms with E-state index < -0.39 is 16.8 Å². The summed E-state index contributed by atoms with van der Waals surface area (Å²) in [4.78, 5) is 48.5. The van der Waals surface area contributed by atoms with Crippen LogP contribution in [0, 0.1) is 34.6 Å². The summed E-state index contributed by atoms with van der Waals surface area (Å²) in [7, 11) is 0. The number of aromatic nitrogens is 3. The van der Waals surface area contributed by atoms with Gasteiger partial charge >= 0.3 is 18.3 Å². The second kappa shape index (κ2) is 29.0. The highest BCUT2D eigenvalue weighted by Gasteiger charge is 2.33. The summed E-state index contributed by atoms with van der Waals surface area (Å²) in [6.07, 6.45) is 17.2. The smallest absolute Gasteiger partial charge is 0.407 e. The van der Waals surface area contributed by atoms with Gasteiger partial charge < -0.3 is 57.6 Å². The lowest BCUT2D eigenvalue weighted by Crippen LogP contribution is -2.45. The van der Waals surface area contributed by atoms with Crippen molar-refractivity contribution in [2.45, 2.75) is 239 Å². The molecule has 7 rings (SSSR count). The molecule has 10 N–H and O–H groups in total. The van der Waals surface area contributed by atoms with Crippen LogP contribution in [0.2, 0.25) is 0 Å². The number of aryl methyl sites for hydroxylation is 5. The molecule has 0 aliphatic heterocycles. The van der Waals surface area contributed by atoms with Gasteiger partial charge in [-0.2, -0.15) is 0 Å². The van der Waals surface area contributed by atoms with Crippen molar-refractivity contribution in [3.63, 3.8) is 0 Å². The van der Waals surface area contributed by atoms with E-state index in [1.54, 1.807) is 0 Å². The van der Waals surface area contributed by atoms with Crippen LogP contribution in [0.5, 0.6) is 0 Å². The van der Waals surface area contributed by atoms with Crippen LogP contribution < -0.4 is 43.4 Å². The SMILES string of the molecule is CC(C)(C)OC(=O)N[C@H]1CCC[C@@H]1N.Cc1cnc(N[C@H]2CCC[C@@H]2N)c(C)c1.Cc1cnc(N[C@H]2CCC[C@@H]2NC(=O)OC(C)(C)C)c(Br)c1.Cc1cnc(N[C@H]2CCC[C@@H]2NC(=O)OC(C)(C)C)c(C)c1.Cl. The molecule has 0 aromatic carbocycles. The average Bonchev–Trinajstić information content (AvgIpc) is 4.07. The summed E-state index contributed by atoms with van der Waals surface area (Å²) in [6, 6.07) is 7.65. The number of rotatable bonds is 9. The Hall–Kier alpha value is -4.65. The monoisotopic (exact) mass is 1120 g/mol. The number of nitrogens with zero attached hydrogens (tertiary/aromatic N) is 3. The van der Waals surface area contributed by atoms with Crippen molar-refractivity contribution in [2.75, 3.05) is 16.0 Å². The van der Waals surface area contributed by atoms with E-state index >= 15 is 0 Å². The lowest BCUT2D eigenvalue weighted by atomic mass is 10.1. The molecule has 4 saturated carbocycles. The minimum atomic E-state index is -0.479. The molecule has 3 aromatic heterocycles. The van der Waals surface area contributed by atoms with Crippen LogP contribution in [0.15, 0.2) is 41.3 Å². The molecule has 3 aromatic rings. The summed E-state index contributed by atoms with van der Waals surface area (Å²) >= 11 is 3.53. The number of nitrogens with one attached hydrogen (secondary N) is 6. The molecule has 0 spiro atoms. The van der Waals surface area contributed by atoms with Crippen molar-refractivity contribution >= 4 is 64.1 Å². The second-order valence-corrected chi connectivity index (χ2v) is 24.1. The minimum absolute atomic E-state index is 0. The molecule has 19 heteroatoms. The van der Waals surface area contributed by atoms with Gasteiger partial charge in [0.1, 0.15) is 34.3 Å². The Kier molecular flexibility index (Phi) is 25.0. The van der Waals surface area contributed by atoms with Crippen molar-refractivity contribution in [1.29, 1.82) is 0 Å². The Morgan fingerprint density at radius 1 is 0.473 bits per heavy atom. The van der Waals surface area contributed by atoms with E-state index in [0.717, 1.165) is 109 Å². The van der Waals surface area contributed by atoms with Crippen LogP contribution in [0.3, 0.4) is 0 Å². The topological polar surface area (TPSA) is 242 Å². The number of hydrogen-bond donors (Lipinski definition) is 8. The number of halogens is 2. The normalized spacial score (nSPS) is 23.1. The minimum Gasteiger partial charge on any atom is -0.444 e. The Labute approximate surface area is 457 Å². The van der Waals surface area contributed by atoms with Gasteiger partial charge in [-0.05, 0) is 224 Å². The third-order valence-corrected chi connectivity index (χ3v) is 13.3. The predicted octanol–water partition coefficient (Wildman–Crippen LogP) is 11.4. The standard InChI is InChI=1S/C17H27N3O2.C16H24BrN3O2.C12H19N3.C10H20N2O2.ClH/c1-11-9-12(2)15(18-10-11)19-13-7-6-8-14(13)20-16(21)22-17(3,4)5;1-10-8-11(17)14(18-9-10)19-12-6-5-7-13(12)20-15(21)22-16(2,3)4;1-8-6-9(2)12(14-7-8)15-11-5-3-4-10(11)13;1-10(2,3)14-9(13)12-8-6-4-5-7(8)11;/h9-10,13-14H,6-8H2,1-5H3,(H,18,19)(H,20,21);8-9,12-13H,5-7H2,1-4H3,(H,18,19)(H,20,21);6-7,10-11H,3-5,13H2,1-2H3,(H,14,15);7-8H,4-6,11H2,1-3H3,(H,12,13);1H/t13-,14-;12-,13-;10-,11-;7-,8-;/m0000./s1. The van der Waals surface area contributed by atoms with E-state index in [-0.39, 0.29) is 73.0 Å². The average molecular weight is 1120 g/mol. The Bertz CT molecular complexity index is 2160. The first-order valence-corrected chi connectivity index (χ1v) is 27.1. The number of hydrogen-bond acceptors (Lipinski definition) is 14. The van der Waals surface area contributed by atoms with Crippen LogP contribution >= 0.6 is 28.3 Å². The molecular weight excluding hydrogens is 1030 g/mol. The van der Waals surface area contributed by atoms with Gasteiger partial charge in [0.2, 0.25) is 0 Å². The van der Waals surface area contributed by atoms with E-state index in [1.807, 2.05) is 108 Å². The molecule has 0 unspecified atom stereocenters. The van der Waals surface area contributed by atoms with Crippen molar-refractivity contribution in [3.05, 3.63) is 69.1 Å². The summed E-state index contributed by atoms with van der Waals surface area (Å²) in [5.41, 5.74) is 16.2. The maximum atomic E-state index is 11.9. The van der Waals surface area contributed by atoms with Gasteiger partial charge in [0.25, 0.3) is 0 Å². The predicted molar refractivity (Wildman–Crippen MR) is 304 cm³/mol. The number of amides is 3. The van der Waals surface area contributed by atoms with Gasteiger partial charge in [0.05, 0.1) is 16.6 Å². The zero-order valence-corrected chi connectivity index (χ0v) is 49.2. The fraction of sp³-hybridized carbons (Fsp3) is 0.673. The first-order chi connectivity index (χ1) is 34.0. The maximum absolute atomic E-state index is 11.9. The Morgan fingerprint density at radius 2 is 0.770 bits per heavy atom. The highest BCUT2D eigenvalue weighted by Crippen LogP contribution is 2.29. The molecule has 0 radical (unpaired) electrons. The third-order valence-electron chi connectivity index (χ3n) is 12.7. The molecule has 4 aliphatic carbocycles. The molecule has 0 bridgehead atoms. The number of nitrogens with two attached hydrogens (primary N) is 2. The van der Waals surface area contributed by atoms with Gasteiger partial charge in [0.15, 0.2) is 0 Å². The Balaban J connectivity index is 0.000000264. The van der Waals surface area contributed by atoms with Crippen LogP contribution in [0.4, 0.5) is 31.8 Å². The zero-order chi connectivity index (χ0) is 54.3. The van der Waals surface area contributed by atoms with Crippen molar-refractivity contribution in [2.24, 2.45) is 11.5 Å². The maximum Gasteiger partial charge on any atom is 0.407 e. The fourth-order valence-corrected chi connectivity index (χ4v) is 9.80.